The monoisotopic (exact) mass is 252 g/mol. The number of hydrogen-bond donors (Lipinski definition) is 1. The first-order chi connectivity index (χ1) is 8.07. The van der Waals surface area contributed by atoms with E-state index in [-0.39, 0.29) is 15.7 Å². The fourth-order valence-corrected chi connectivity index (χ4v) is 2.70. The normalized spacial score (nSPS) is 11.6. The van der Waals surface area contributed by atoms with Crippen LogP contribution < -0.4 is 5.73 Å². The van der Waals surface area contributed by atoms with Gasteiger partial charge in [-0.1, -0.05) is 23.4 Å². The molecule has 0 saturated carbocycles. The summed E-state index contributed by atoms with van der Waals surface area (Å²) in [7, 11) is -3.68. The Kier molecular flexibility index (Phi) is 2.84. The average Bonchev–Trinajstić information content (AvgIpc) is 2.72. The van der Waals surface area contributed by atoms with Gasteiger partial charge < -0.3 is 5.73 Å². The van der Waals surface area contributed by atoms with Crippen LogP contribution in [0.1, 0.15) is 6.92 Å². The van der Waals surface area contributed by atoms with E-state index < -0.39 is 9.84 Å². The van der Waals surface area contributed by atoms with Gasteiger partial charge in [-0.25, -0.2) is 13.1 Å². The molecule has 2 rings (SSSR count). The van der Waals surface area contributed by atoms with Crippen molar-refractivity contribution in [3.05, 3.63) is 30.3 Å². The van der Waals surface area contributed by atoms with Crippen molar-refractivity contribution in [2.75, 3.05) is 5.73 Å². The summed E-state index contributed by atoms with van der Waals surface area (Å²) in [6.45, 7) is 2.28. The summed E-state index contributed by atoms with van der Waals surface area (Å²) in [5.41, 5.74) is 5.70. The van der Waals surface area contributed by atoms with Gasteiger partial charge in [0, 0.05) is 6.54 Å². The van der Waals surface area contributed by atoms with Crippen molar-refractivity contribution in [2.45, 2.75) is 23.4 Å². The Labute approximate surface area is 99.0 Å². The minimum absolute atomic E-state index is 0.0661. The Morgan fingerprint density at radius 3 is 2.47 bits per heavy atom. The maximum absolute atomic E-state index is 12.2. The largest absolute Gasteiger partial charge is 0.381 e. The Bertz CT molecular complexity index is 619. The maximum Gasteiger partial charge on any atom is 0.229 e. The number of nitrogens with zero attached hydrogens (tertiary/aromatic N) is 3. The molecule has 2 aromatic rings. The molecule has 1 heterocycles. The first-order valence-corrected chi connectivity index (χ1v) is 6.54. The highest BCUT2D eigenvalue weighted by atomic mass is 32.2. The smallest absolute Gasteiger partial charge is 0.229 e. The molecule has 2 N–H and O–H groups in total. The Morgan fingerprint density at radius 1 is 1.29 bits per heavy atom. The summed E-state index contributed by atoms with van der Waals surface area (Å²) in [5, 5.41) is 7.13. The Balaban J connectivity index is 2.57. The lowest BCUT2D eigenvalue weighted by Gasteiger charge is -2.02. The molecule has 0 aliphatic carbocycles. The minimum atomic E-state index is -3.68. The van der Waals surface area contributed by atoms with Crippen LogP contribution in [0.2, 0.25) is 0 Å². The molecule has 0 atom stereocenters. The zero-order valence-corrected chi connectivity index (χ0v) is 10.1. The molecule has 0 fully saturated rings. The molecule has 7 heteroatoms. The number of sulfone groups is 1. The zero-order valence-electron chi connectivity index (χ0n) is 9.24. The van der Waals surface area contributed by atoms with E-state index in [1.54, 1.807) is 18.2 Å². The summed E-state index contributed by atoms with van der Waals surface area (Å²) in [5.74, 6) is 0.0661. The van der Waals surface area contributed by atoms with E-state index in [2.05, 4.69) is 10.3 Å². The van der Waals surface area contributed by atoms with Crippen LogP contribution in [-0.2, 0) is 16.4 Å². The molecular weight excluding hydrogens is 240 g/mol. The fourth-order valence-electron chi connectivity index (χ4n) is 1.44. The van der Waals surface area contributed by atoms with Crippen LogP contribution in [0, 0.1) is 0 Å². The van der Waals surface area contributed by atoms with Crippen LogP contribution in [0.5, 0.6) is 0 Å². The SMILES string of the molecule is CCn1nnc(S(=O)(=O)c2ccccc2)c1N. The molecule has 6 nitrogen and oxygen atoms in total. The predicted molar refractivity (Wildman–Crippen MR) is 62.0 cm³/mol. The molecule has 0 amide bonds. The Hall–Kier alpha value is -1.89. The Morgan fingerprint density at radius 2 is 1.94 bits per heavy atom. The molecule has 0 saturated heterocycles. The third-order valence-electron chi connectivity index (χ3n) is 2.35. The molecule has 0 bridgehead atoms. The molecule has 90 valence electrons. The topological polar surface area (TPSA) is 90.9 Å². The lowest BCUT2D eigenvalue weighted by molar-refractivity contribution is 0.591. The molecule has 0 radical (unpaired) electrons. The van der Waals surface area contributed by atoms with E-state index in [1.807, 2.05) is 6.92 Å². The zero-order chi connectivity index (χ0) is 12.5. The van der Waals surface area contributed by atoms with Gasteiger partial charge in [0.2, 0.25) is 14.9 Å². The van der Waals surface area contributed by atoms with Crippen LogP contribution >= 0.6 is 0 Å². The van der Waals surface area contributed by atoms with E-state index in [9.17, 15) is 8.42 Å². The maximum atomic E-state index is 12.2. The highest BCUT2D eigenvalue weighted by molar-refractivity contribution is 7.91. The van der Waals surface area contributed by atoms with E-state index >= 15 is 0 Å². The van der Waals surface area contributed by atoms with E-state index in [0.29, 0.717) is 6.54 Å². The first kappa shape index (κ1) is 11.6. The van der Waals surface area contributed by atoms with Gasteiger partial charge in [-0.3, -0.25) is 0 Å². The summed E-state index contributed by atoms with van der Waals surface area (Å²) >= 11 is 0. The van der Waals surface area contributed by atoms with Crippen LogP contribution in [-0.4, -0.2) is 23.4 Å². The number of hydrogen-bond acceptors (Lipinski definition) is 5. The van der Waals surface area contributed by atoms with Crippen molar-refractivity contribution in [3.8, 4) is 0 Å². The lowest BCUT2D eigenvalue weighted by Crippen LogP contribution is -2.07. The predicted octanol–water partition coefficient (Wildman–Crippen LogP) is 0.713. The molecule has 0 aliphatic heterocycles. The van der Waals surface area contributed by atoms with Crippen molar-refractivity contribution in [1.82, 2.24) is 15.0 Å². The molecule has 0 aliphatic rings. The summed E-state index contributed by atoms with van der Waals surface area (Å²) < 4.78 is 25.7. The van der Waals surface area contributed by atoms with E-state index in [0.717, 1.165) is 0 Å². The van der Waals surface area contributed by atoms with Gasteiger partial charge in [0.1, 0.15) is 0 Å². The number of benzene rings is 1. The van der Waals surface area contributed by atoms with E-state index in [1.165, 1.54) is 16.8 Å². The van der Waals surface area contributed by atoms with Crippen LogP contribution in [0.4, 0.5) is 5.82 Å². The quantitative estimate of drug-likeness (QED) is 0.868. The number of nitrogen functional groups attached to an aromatic ring is 1. The van der Waals surface area contributed by atoms with Crippen molar-refractivity contribution >= 4 is 15.7 Å². The van der Waals surface area contributed by atoms with Crippen molar-refractivity contribution < 1.29 is 8.42 Å². The second-order valence-electron chi connectivity index (χ2n) is 3.41. The molecular formula is C10H12N4O2S. The summed E-state index contributed by atoms with van der Waals surface area (Å²) in [6.07, 6.45) is 0. The van der Waals surface area contributed by atoms with Gasteiger partial charge in [0.25, 0.3) is 0 Å². The van der Waals surface area contributed by atoms with Crippen molar-refractivity contribution in [1.29, 1.82) is 0 Å². The molecule has 1 aromatic heterocycles. The number of nitrogens with two attached hydrogens (primary N) is 1. The average molecular weight is 252 g/mol. The van der Waals surface area contributed by atoms with Gasteiger partial charge in [0.15, 0.2) is 5.82 Å². The van der Waals surface area contributed by atoms with Gasteiger partial charge >= 0.3 is 0 Å². The van der Waals surface area contributed by atoms with Gasteiger partial charge in [-0.15, -0.1) is 5.10 Å². The number of rotatable bonds is 3. The van der Waals surface area contributed by atoms with Gasteiger partial charge in [0.05, 0.1) is 4.90 Å². The van der Waals surface area contributed by atoms with Crippen LogP contribution in [0.25, 0.3) is 0 Å². The molecule has 17 heavy (non-hydrogen) atoms. The fraction of sp³-hybridized carbons (Fsp3) is 0.200. The van der Waals surface area contributed by atoms with E-state index in [4.69, 9.17) is 5.73 Å². The lowest BCUT2D eigenvalue weighted by atomic mass is 10.4. The van der Waals surface area contributed by atoms with Gasteiger partial charge in [-0.2, -0.15) is 0 Å². The number of aromatic nitrogens is 3. The third-order valence-corrected chi connectivity index (χ3v) is 4.04. The highest BCUT2D eigenvalue weighted by Crippen LogP contribution is 2.22. The van der Waals surface area contributed by atoms with Crippen molar-refractivity contribution in [2.24, 2.45) is 0 Å². The van der Waals surface area contributed by atoms with Crippen molar-refractivity contribution in [3.63, 3.8) is 0 Å². The second kappa shape index (κ2) is 4.17. The minimum Gasteiger partial charge on any atom is -0.381 e. The summed E-state index contributed by atoms with van der Waals surface area (Å²) in [6, 6.07) is 8.03. The second-order valence-corrected chi connectivity index (χ2v) is 5.28. The van der Waals surface area contributed by atoms with Crippen LogP contribution in [0.3, 0.4) is 0 Å². The number of anilines is 1. The highest BCUT2D eigenvalue weighted by Gasteiger charge is 2.25. The standard InChI is InChI=1S/C10H12N4O2S/c1-2-14-9(11)10(12-13-14)17(15,16)8-6-4-3-5-7-8/h3-7H,2,11H2,1H3. The summed E-state index contributed by atoms with van der Waals surface area (Å²) in [4.78, 5) is 0.162. The first-order valence-electron chi connectivity index (χ1n) is 5.06. The van der Waals surface area contributed by atoms with Gasteiger partial charge in [-0.05, 0) is 19.1 Å². The molecule has 1 aromatic carbocycles. The molecule has 0 spiro atoms. The third kappa shape index (κ3) is 1.89. The molecule has 0 unspecified atom stereocenters. The number of aryl methyl sites for hydroxylation is 1. The van der Waals surface area contributed by atoms with Crippen LogP contribution in [0.15, 0.2) is 40.3 Å².